The number of piperidine rings is 1. The van der Waals surface area contributed by atoms with Crippen molar-refractivity contribution >= 4 is 15.9 Å². The number of hydrogen-bond acceptors (Lipinski definition) is 2. The number of quaternary nitrogens is 1. The third kappa shape index (κ3) is 6.14. The zero-order chi connectivity index (χ0) is 17.5. The Kier molecular flexibility index (Phi) is 6.91. The van der Waals surface area contributed by atoms with E-state index in [1.165, 1.54) is 29.7 Å². The van der Waals surface area contributed by atoms with Gasteiger partial charge in [-0.2, -0.15) is 0 Å². The molecule has 0 spiro atoms. The first-order chi connectivity index (χ1) is 12.2. The van der Waals surface area contributed by atoms with Crippen molar-refractivity contribution in [2.24, 2.45) is 5.92 Å². The van der Waals surface area contributed by atoms with Crippen LogP contribution in [0.2, 0.25) is 0 Å². The van der Waals surface area contributed by atoms with E-state index in [2.05, 4.69) is 46.3 Å². The van der Waals surface area contributed by atoms with Gasteiger partial charge in [0.15, 0.2) is 0 Å². The zero-order valence-electron chi connectivity index (χ0n) is 14.5. The lowest BCUT2D eigenvalue weighted by molar-refractivity contribution is -0.909. The van der Waals surface area contributed by atoms with E-state index in [9.17, 15) is 5.11 Å². The molecular weight excluding hydrogens is 378 g/mol. The number of aliphatic hydroxyl groups is 1. The van der Waals surface area contributed by atoms with E-state index in [1.54, 1.807) is 0 Å². The van der Waals surface area contributed by atoms with E-state index in [0.29, 0.717) is 6.61 Å². The summed E-state index contributed by atoms with van der Waals surface area (Å²) in [5, 5.41) is 10.3. The van der Waals surface area contributed by atoms with Crippen molar-refractivity contribution in [1.82, 2.24) is 0 Å². The Morgan fingerprint density at radius 1 is 1.04 bits per heavy atom. The Morgan fingerprint density at radius 3 is 2.40 bits per heavy atom. The van der Waals surface area contributed by atoms with Crippen molar-refractivity contribution < 1.29 is 14.7 Å². The van der Waals surface area contributed by atoms with Crippen molar-refractivity contribution in [2.75, 3.05) is 26.2 Å². The molecule has 0 saturated carbocycles. The Hall–Kier alpha value is -1.36. The lowest BCUT2D eigenvalue weighted by Crippen LogP contribution is -3.14. The Morgan fingerprint density at radius 2 is 1.72 bits per heavy atom. The average Bonchev–Trinajstić information content (AvgIpc) is 2.64. The summed E-state index contributed by atoms with van der Waals surface area (Å²) in [6.45, 7) is 3.42. The summed E-state index contributed by atoms with van der Waals surface area (Å²) in [6.07, 6.45) is 3.25. The zero-order valence-corrected chi connectivity index (χ0v) is 16.1. The molecule has 1 heterocycles. The molecule has 4 heteroatoms. The summed E-state index contributed by atoms with van der Waals surface area (Å²) in [5.41, 5.74) is 1.44. The number of ether oxygens (including phenoxy) is 1. The highest BCUT2D eigenvalue weighted by Crippen LogP contribution is 2.17. The molecule has 0 amide bonds. The van der Waals surface area contributed by atoms with E-state index < -0.39 is 6.10 Å². The minimum atomic E-state index is -0.413. The molecule has 1 fully saturated rings. The molecule has 1 aliphatic rings. The van der Waals surface area contributed by atoms with Crippen LogP contribution in [0.5, 0.6) is 5.75 Å². The van der Waals surface area contributed by atoms with Gasteiger partial charge in [-0.05, 0) is 55.0 Å². The maximum Gasteiger partial charge on any atom is 0.137 e. The van der Waals surface area contributed by atoms with Crippen LogP contribution in [0.4, 0.5) is 0 Å². The third-order valence-corrected chi connectivity index (χ3v) is 5.49. The third-order valence-electron chi connectivity index (χ3n) is 4.96. The van der Waals surface area contributed by atoms with Gasteiger partial charge in [0.25, 0.3) is 0 Å². The number of likely N-dealkylation sites (tertiary alicyclic amines) is 1. The molecule has 0 unspecified atom stereocenters. The number of hydrogen-bond donors (Lipinski definition) is 2. The van der Waals surface area contributed by atoms with Crippen LogP contribution in [0.15, 0.2) is 59.1 Å². The molecule has 3 nitrogen and oxygen atoms in total. The molecule has 1 atom stereocenters. The molecule has 3 rings (SSSR count). The number of aliphatic hydroxyl groups excluding tert-OH is 1. The predicted molar refractivity (Wildman–Crippen MR) is 104 cm³/mol. The second-order valence-electron chi connectivity index (χ2n) is 7.01. The fraction of sp³-hybridized carbons (Fsp3) is 0.429. The minimum Gasteiger partial charge on any atom is -0.491 e. The Bertz CT molecular complexity index is 624. The molecule has 2 aromatic rings. The SMILES string of the molecule is O[C@@H](COc1ccc(Br)cc1)C[NH+]1CCC(Cc2ccccc2)CC1. The van der Waals surface area contributed by atoms with Gasteiger partial charge in [0.05, 0.1) is 13.1 Å². The van der Waals surface area contributed by atoms with E-state index in [-0.39, 0.29) is 0 Å². The summed E-state index contributed by atoms with van der Waals surface area (Å²) >= 11 is 3.41. The summed E-state index contributed by atoms with van der Waals surface area (Å²) in [7, 11) is 0. The number of nitrogens with one attached hydrogen (secondary N) is 1. The van der Waals surface area contributed by atoms with Crippen molar-refractivity contribution in [2.45, 2.75) is 25.4 Å². The molecule has 1 saturated heterocycles. The summed E-state index contributed by atoms with van der Waals surface area (Å²) in [5.74, 6) is 1.58. The van der Waals surface area contributed by atoms with Crippen LogP contribution in [0, 0.1) is 5.92 Å². The highest BCUT2D eigenvalue weighted by Gasteiger charge is 2.24. The highest BCUT2D eigenvalue weighted by atomic mass is 79.9. The lowest BCUT2D eigenvalue weighted by atomic mass is 9.90. The van der Waals surface area contributed by atoms with Gasteiger partial charge in [-0.15, -0.1) is 0 Å². The minimum absolute atomic E-state index is 0.360. The van der Waals surface area contributed by atoms with Crippen LogP contribution in [0.25, 0.3) is 0 Å². The van der Waals surface area contributed by atoms with E-state index in [4.69, 9.17) is 4.74 Å². The second kappa shape index (κ2) is 9.37. The molecule has 0 aromatic heterocycles. The van der Waals surface area contributed by atoms with Crippen LogP contribution >= 0.6 is 15.9 Å². The van der Waals surface area contributed by atoms with E-state index in [0.717, 1.165) is 35.8 Å². The predicted octanol–water partition coefficient (Wildman–Crippen LogP) is 2.73. The van der Waals surface area contributed by atoms with Gasteiger partial charge < -0.3 is 14.7 Å². The molecule has 0 bridgehead atoms. The van der Waals surface area contributed by atoms with E-state index >= 15 is 0 Å². The van der Waals surface area contributed by atoms with Crippen LogP contribution < -0.4 is 9.64 Å². The van der Waals surface area contributed by atoms with Gasteiger partial charge in [-0.3, -0.25) is 0 Å². The Labute approximate surface area is 158 Å². The summed E-state index contributed by atoms with van der Waals surface area (Å²) in [6, 6.07) is 18.5. The quantitative estimate of drug-likeness (QED) is 0.743. The molecular formula is C21H27BrNO2+. The second-order valence-corrected chi connectivity index (χ2v) is 7.92. The molecule has 134 valence electrons. The van der Waals surface area contributed by atoms with Crippen molar-refractivity contribution in [3.63, 3.8) is 0 Å². The number of rotatable bonds is 7. The first kappa shape index (κ1) is 18.4. The van der Waals surface area contributed by atoms with E-state index in [1.807, 2.05) is 24.3 Å². The van der Waals surface area contributed by atoms with Gasteiger partial charge in [0.1, 0.15) is 25.0 Å². The summed E-state index contributed by atoms with van der Waals surface area (Å²) in [4.78, 5) is 1.50. The van der Waals surface area contributed by atoms with Crippen molar-refractivity contribution in [3.8, 4) is 5.75 Å². The van der Waals surface area contributed by atoms with Gasteiger partial charge in [-0.25, -0.2) is 0 Å². The highest BCUT2D eigenvalue weighted by molar-refractivity contribution is 9.10. The smallest absolute Gasteiger partial charge is 0.137 e. The van der Waals surface area contributed by atoms with Crippen molar-refractivity contribution in [1.29, 1.82) is 0 Å². The monoisotopic (exact) mass is 404 g/mol. The fourth-order valence-corrected chi connectivity index (χ4v) is 3.82. The van der Waals surface area contributed by atoms with Gasteiger partial charge in [0, 0.05) is 4.47 Å². The lowest BCUT2D eigenvalue weighted by Gasteiger charge is -2.30. The number of benzene rings is 2. The maximum atomic E-state index is 10.3. The van der Waals surface area contributed by atoms with Gasteiger partial charge >= 0.3 is 0 Å². The van der Waals surface area contributed by atoms with Crippen molar-refractivity contribution in [3.05, 3.63) is 64.6 Å². The average molecular weight is 405 g/mol. The van der Waals surface area contributed by atoms with Crippen LogP contribution in [0.3, 0.4) is 0 Å². The summed E-state index contributed by atoms with van der Waals surface area (Å²) < 4.78 is 6.71. The fourth-order valence-electron chi connectivity index (χ4n) is 3.56. The van der Waals surface area contributed by atoms with Gasteiger partial charge in [0.2, 0.25) is 0 Å². The molecule has 25 heavy (non-hydrogen) atoms. The molecule has 2 aromatic carbocycles. The Balaban J connectivity index is 1.36. The maximum absolute atomic E-state index is 10.3. The standard InChI is InChI=1S/C21H26BrNO2/c22-19-6-8-21(9-7-19)25-16-20(24)15-23-12-10-18(11-13-23)14-17-4-2-1-3-5-17/h1-9,18,20,24H,10-16H2/p+1/t20-/m1/s1. The first-order valence-electron chi connectivity index (χ1n) is 9.13. The number of halogens is 1. The normalized spacial score (nSPS) is 21.7. The van der Waals surface area contributed by atoms with Crippen LogP contribution in [-0.2, 0) is 6.42 Å². The molecule has 2 N–H and O–H groups in total. The molecule has 0 aliphatic carbocycles. The first-order valence-corrected chi connectivity index (χ1v) is 9.92. The molecule has 0 radical (unpaired) electrons. The largest absolute Gasteiger partial charge is 0.491 e. The van der Waals surface area contributed by atoms with Gasteiger partial charge in [-0.1, -0.05) is 46.3 Å². The van der Waals surface area contributed by atoms with Crippen LogP contribution in [0.1, 0.15) is 18.4 Å². The topological polar surface area (TPSA) is 33.9 Å². The molecule has 1 aliphatic heterocycles. The van der Waals surface area contributed by atoms with Crippen LogP contribution in [-0.4, -0.2) is 37.5 Å².